The van der Waals surface area contributed by atoms with E-state index in [1.54, 1.807) is 18.7 Å². The fourth-order valence-electron chi connectivity index (χ4n) is 5.47. The van der Waals surface area contributed by atoms with Gasteiger partial charge in [-0.1, -0.05) is 40.5 Å². The van der Waals surface area contributed by atoms with Crippen LogP contribution < -0.4 is 16.4 Å². The van der Waals surface area contributed by atoms with Gasteiger partial charge in [0.05, 0.1) is 6.04 Å². The maximum absolute atomic E-state index is 13.6. The molecule has 0 bridgehead atoms. The van der Waals surface area contributed by atoms with Gasteiger partial charge in [-0.3, -0.25) is 24.0 Å². The van der Waals surface area contributed by atoms with Gasteiger partial charge in [-0.2, -0.15) is 0 Å². The van der Waals surface area contributed by atoms with Gasteiger partial charge >= 0.3 is 0 Å². The minimum Gasteiger partial charge on any atom is -0.363 e. The predicted molar refractivity (Wildman–Crippen MR) is 119 cm³/mol. The summed E-state index contributed by atoms with van der Waals surface area (Å²) in [6, 6.07) is -2.32. The molecule has 0 spiro atoms. The largest absolute Gasteiger partial charge is 0.363 e. The lowest BCUT2D eigenvalue weighted by Gasteiger charge is -2.34. The number of nitrogens with one attached hydrogen (secondary N) is 2. The number of carbonyl (C=O) groups excluding carboxylic acids is 5. The highest BCUT2D eigenvalue weighted by Crippen LogP contribution is 2.65. The Morgan fingerprint density at radius 2 is 1.67 bits per heavy atom. The van der Waals surface area contributed by atoms with Crippen molar-refractivity contribution in [2.45, 2.75) is 77.9 Å². The molecular formula is C24H36N4O5. The molecule has 4 fully saturated rings. The highest BCUT2D eigenvalue weighted by molar-refractivity contribution is 6.37. The van der Waals surface area contributed by atoms with Crippen molar-refractivity contribution in [1.82, 2.24) is 15.5 Å². The molecule has 3 aliphatic carbocycles. The van der Waals surface area contributed by atoms with E-state index in [-0.39, 0.29) is 40.9 Å². The third-order valence-electron chi connectivity index (χ3n) is 8.08. The van der Waals surface area contributed by atoms with E-state index in [1.165, 1.54) is 0 Å². The number of piperidine rings is 1. The molecular weight excluding hydrogens is 424 g/mol. The molecule has 1 heterocycles. The number of hydrogen-bond donors (Lipinski definition) is 3. The molecule has 3 saturated carbocycles. The predicted octanol–water partition coefficient (Wildman–Crippen LogP) is 0.360. The molecule has 0 aromatic rings. The highest BCUT2D eigenvalue weighted by atomic mass is 16.2. The van der Waals surface area contributed by atoms with E-state index in [4.69, 9.17) is 5.73 Å². The van der Waals surface area contributed by atoms with E-state index in [2.05, 4.69) is 24.5 Å². The molecule has 9 nitrogen and oxygen atoms in total. The van der Waals surface area contributed by atoms with Gasteiger partial charge in [0.1, 0.15) is 12.1 Å². The quantitative estimate of drug-likeness (QED) is 0.404. The van der Waals surface area contributed by atoms with Crippen LogP contribution in [0.4, 0.5) is 0 Å². The molecule has 1 saturated heterocycles. The number of amides is 4. The van der Waals surface area contributed by atoms with E-state index < -0.39 is 35.7 Å². The fourth-order valence-corrected chi connectivity index (χ4v) is 5.47. The number of rotatable bonds is 10. The summed E-state index contributed by atoms with van der Waals surface area (Å²) in [5.41, 5.74) is 5.13. The van der Waals surface area contributed by atoms with Crippen molar-refractivity contribution in [3.8, 4) is 0 Å². The molecule has 0 radical (unpaired) electrons. The second-order valence-electron chi connectivity index (χ2n) is 11.3. The number of nitrogens with two attached hydrogens (primary N) is 1. The van der Waals surface area contributed by atoms with Crippen LogP contribution in [0.2, 0.25) is 0 Å². The SMILES string of the molecule is CC(C)C(=O)N[C@H](C(=O)N1C[C@H]2[C@@H]([C@H]1C(=O)NC(CC1CC1)C(=O)C(N)=O)C2(C)C)C1CC1. The van der Waals surface area contributed by atoms with Gasteiger partial charge < -0.3 is 21.3 Å². The van der Waals surface area contributed by atoms with Gasteiger partial charge in [0, 0.05) is 12.5 Å². The molecule has 0 aromatic carbocycles. The molecule has 1 aliphatic heterocycles. The van der Waals surface area contributed by atoms with Crippen LogP contribution in [0.15, 0.2) is 0 Å². The zero-order valence-electron chi connectivity index (χ0n) is 19.9. The van der Waals surface area contributed by atoms with Crippen LogP contribution in [0.1, 0.15) is 59.8 Å². The minimum atomic E-state index is -1.06. The topological polar surface area (TPSA) is 139 Å². The number of nitrogens with zero attached hydrogens (tertiary/aromatic N) is 1. The standard InChI is InChI=1S/C24H36N4O5/c1-11(2)21(31)27-17(13-7-8-13)23(33)28-10-14-16(24(14,3)4)18(28)22(32)26-15(9-12-5-6-12)19(29)20(25)30/h11-18H,5-10H2,1-4H3,(H2,25,30)(H,26,32)(H,27,31)/t14-,15?,16-,17-,18-/m0/s1. The number of hydrogen-bond acceptors (Lipinski definition) is 5. The van der Waals surface area contributed by atoms with E-state index in [0.717, 1.165) is 25.7 Å². The van der Waals surface area contributed by atoms with E-state index >= 15 is 0 Å². The van der Waals surface area contributed by atoms with Crippen LogP contribution in [0.3, 0.4) is 0 Å². The van der Waals surface area contributed by atoms with Crippen molar-refractivity contribution in [1.29, 1.82) is 0 Å². The average molecular weight is 461 g/mol. The van der Waals surface area contributed by atoms with Gasteiger partial charge in [-0.05, 0) is 48.3 Å². The van der Waals surface area contributed by atoms with Crippen molar-refractivity contribution < 1.29 is 24.0 Å². The summed E-state index contributed by atoms with van der Waals surface area (Å²) in [5, 5.41) is 5.66. The Balaban J connectivity index is 1.52. The summed E-state index contributed by atoms with van der Waals surface area (Å²) in [6.45, 7) is 8.18. The normalized spacial score (nSPS) is 29.1. The zero-order valence-corrected chi connectivity index (χ0v) is 19.9. The molecule has 4 N–H and O–H groups in total. The minimum absolute atomic E-state index is 0.0210. The summed E-state index contributed by atoms with van der Waals surface area (Å²) in [7, 11) is 0. The smallest absolute Gasteiger partial charge is 0.287 e. The van der Waals surface area contributed by atoms with Crippen molar-refractivity contribution in [2.24, 2.45) is 40.7 Å². The van der Waals surface area contributed by atoms with Gasteiger partial charge in [0.2, 0.25) is 23.5 Å². The fraction of sp³-hybridized carbons (Fsp3) is 0.792. The molecule has 4 aliphatic rings. The molecule has 1 unspecified atom stereocenters. The number of carbonyl (C=O) groups is 5. The Morgan fingerprint density at radius 1 is 1.03 bits per heavy atom. The van der Waals surface area contributed by atoms with E-state index in [1.807, 2.05) is 0 Å². The first-order chi connectivity index (χ1) is 15.4. The Labute approximate surface area is 194 Å². The van der Waals surface area contributed by atoms with Crippen LogP contribution in [0, 0.1) is 35.0 Å². The van der Waals surface area contributed by atoms with Crippen LogP contribution in [-0.4, -0.2) is 59.0 Å². The van der Waals surface area contributed by atoms with Crippen molar-refractivity contribution >= 4 is 29.4 Å². The number of likely N-dealkylation sites (tertiary alicyclic amines) is 1. The second kappa shape index (κ2) is 8.40. The van der Waals surface area contributed by atoms with Crippen molar-refractivity contribution in [2.75, 3.05) is 6.54 Å². The number of ketones is 1. The van der Waals surface area contributed by atoms with Crippen LogP contribution >= 0.6 is 0 Å². The first-order valence-electron chi connectivity index (χ1n) is 12.2. The van der Waals surface area contributed by atoms with E-state index in [9.17, 15) is 24.0 Å². The number of Topliss-reactive ketones (excluding diaryl/α,β-unsaturated/α-hetero) is 1. The van der Waals surface area contributed by atoms with Crippen LogP contribution in [-0.2, 0) is 24.0 Å². The maximum Gasteiger partial charge on any atom is 0.287 e. The summed E-state index contributed by atoms with van der Waals surface area (Å²) >= 11 is 0. The lowest BCUT2D eigenvalue weighted by molar-refractivity contribution is -0.145. The van der Waals surface area contributed by atoms with Gasteiger partial charge in [0.15, 0.2) is 0 Å². The lowest BCUT2D eigenvalue weighted by Crippen LogP contribution is -2.58. The third kappa shape index (κ3) is 4.64. The average Bonchev–Trinajstić information content (AvgIpc) is 3.68. The van der Waals surface area contributed by atoms with Crippen molar-refractivity contribution in [3.63, 3.8) is 0 Å². The lowest BCUT2D eigenvalue weighted by atomic mass is 9.98. The molecule has 5 atom stereocenters. The summed E-state index contributed by atoms with van der Waals surface area (Å²) in [6.07, 6.45) is 4.05. The summed E-state index contributed by atoms with van der Waals surface area (Å²) in [5.74, 6) is -2.36. The molecule has 4 amide bonds. The maximum atomic E-state index is 13.6. The van der Waals surface area contributed by atoms with Gasteiger partial charge in [-0.15, -0.1) is 0 Å². The first kappa shape index (κ1) is 23.7. The number of primary amides is 1. The summed E-state index contributed by atoms with van der Waals surface area (Å²) in [4.78, 5) is 64.9. The Morgan fingerprint density at radius 3 is 2.18 bits per heavy atom. The van der Waals surface area contributed by atoms with Crippen LogP contribution in [0.25, 0.3) is 0 Å². The molecule has 4 rings (SSSR count). The van der Waals surface area contributed by atoms with Crippen LogP contribution in [0.5, 0.6) is 0 Å². The Hall–Kier alpha value is -2.45. The molecule has 9 heteroatoms. The van der Waals surface area contributed by atoms with E-state index in [0.29, 0.717) is 18.9 Å². The van der Waals surface area contributed by atoms with Crippen molar-refractivity contribution in [3.05, 3.63) is 0 Å². The van der Waals surface area contributed by atoms with Gasteiger partial charge in [0.25, 0.3) is 5.91 Å². The van der Waals surface area contributed by atoms with Gasteiger partial charge in [-0.25, -0.2) is 0 Å². The zero-order chi connectivity index (χ0) is 24.2. The second-order valence-corrected chi connectivity index (χ2v) is 11.3. The number of fused-ring (bicyclic) bond motifs is 1. The molecule has 33 heavy (non-hydrogen) atoms. The third-order valence-corrected chi connectivity index (χ3v) is 8.08. The summed E-state index contributed by atoms with van der Waals surface area (Å²) < 4.78 is 0. The monoisotopic (exact) mass is 460 g/mol. The highest BCUT2D eigenvalue weighted by Gasteiger charge is 2.70. The first-order valence-corrected chi connectivity index (χ1v) is 12.2. The molecule has 182 valence electrons. The molecule has 0 aromatic heterocycles. The Bertz CT molecular complexity index is 876. The Kier molecular flexibility index (Phi) is 6.03.